The predicted octanol–water partition coefficient (Wildman–Crippen LogP) is 7.74. The number of ether oxygens (including phenoxy) is 1. The fourth-order valence-corrected chi connectivity index (χ4v) is 5.63. The lowest BCUT2D eigenvalue weighted by Gasteiger charge is -2.11. The van der Waals surface area contributed by atoms with E-state index in [4.69, 9.17) is 27.9 Å². The van der Waals surface area contributed by atoms with Crippen molar-refractivity contribution in [3.8, 4) is 11.1 Å². The van der Waals surface area contributed by atoms with E-state index in [2.05, 4.69) is 5.32 Å². The normalized spacial score (nSPS) is 11.1. The summed E-state index contributed by atoms with van der Waals surface area (Å²) < 4.78 is 7.31. The van der Waals surface area contributed by atoms with E-state index >= 15 is 0 Å². The Labute approximate surface area is 212 Å². The van der Waals surface area contributed by atoms with Crippen molar-refractivity contribution in [2.75, 3.05) is 11.9 Å². The van der Waals surface area contributed by atoms with Gasteiger partial charge in [0.2, 0.25) is 0 Å². The van der Waals surface area contributed by atoms with Gasteiger partial charge in [0.1, 0.15) is 16.3 Å². The molecule has 176 valence electrons. The summed E-state index contributed by atoms with van der Waals surface area (Å²) in [5.41, 5.74) is 4.21. The first-order chi connectivity index (χ1) is 16.3. The molecule has 4 aromatic rings. The van der Waals surface area contributed by atoms with Crippen molar-refractivity contribution in [2.24, 2.45) is 0 Å². The summed E-state index contributed by atoms with van der Waals surface area (Å²) in [5.74, 6) is -0.771. The van der Waals surface area contributed by atoms with E-state index in [1.54, 1.807) is 19.1 Å². The summed E-state index contributed by atoms with van der Waals surface area (Å²) in [4.78, 5) is 27.5. The number of halogens is 2. The fourth-order valence-electron chi connectivity index (χ4n) is 4.27. The molecule has 0 aliphatic rings. The zero-order chi connectivity index (χ0) is 24.6. The van der Waals surface area contributed by atoms with Crippen molar-refractivity contribution in [1.82, 2.24) is 4.57 Å². The minimum atomic E-state index is -0.480. The number of nitrogens with one attached hydrogen (secondary N) is 1. The van der Waals surface area contributed by atoms with Crippen molar-refractivity contribution in [3.05, 3.63) is 74.2 Å². The number of thiophene rings is 1. The van der Waals surface area contributed by atoms with Crippen LogP contribution in [0.5, 0.6) is 0 Å². The molecule has 2 aromatic heterocycles. The number of aryl methyl sites for hydroxylation is 3. The molecule has 0 unspecified atom stereocenters. The van der Waals surface area contributed by atoms with Crippen LogP contribution in [0.3, 0.4) is 0 Å². The molecule has 2 heterocycles. The van der Waals surface area contributed by atoms with Gasteiger partial charge in [0.25, 0.3) is 5.91 Å². The van der Waals surface area contributed by atoms with E-state index in [0.29, 0.717) is 32.8 Å². The van der Waals surface area contributed by atoms with Crippen LogP contribution in [0.2, 0.25) is 10.0 Å². The third-order valence-corrected chi connectivity index (χ3v) is 7.24. The summed E-state index contributed by atoms with van der Waals surface area (Å²) in [5, 5.41) is 5.59. The van der Waals surface area contributed by atoms with E-state index in [1.807, 2.05) is 55.7 Å². The van der Waals surface area contributed by atoms with Crippen molar-refractivity contribution >= 4 is 62.3 Å². The van der Waals surface area contributed by atoms with Gasteiger partial charge in [0.05, 0.1) is 6.61 Å². The lowest BCUT2D eigenvalue weighted by Crippen LogP contribution is -2.19. The molecule has 34 heavy (non-hydrogen) atoms. The van der Waals surface area contributed by atoms with Crippen LogP contribution in [-0.2, 0) is 11.3 Å². The molecule has 1 amide bonds. The van der Waals surface area contributed by atoms with E-state index in [1.165, 1.54) is 11.3 Å². The average molecular weight is 515 g/mol. The highest BCUT2D eigenvalue weighted by molar-refractivity contribution is 7.17. The Morgan fingerprint density at radius 2 is 1.71 bits per heavy atom. The molecule has 0 radical (unpaired) electrons. The topological polar surface area (TPSA) is 60.3 Å². The van der Waals surface area contributed by atoms with Crippen LogP contribution in [0.4, 0.5) is 5.00 Å². The van der Waals surface area contributed by atoms with Crippen LogP contribution < -0.4 is 5.32 Å². The van der Waals surface area contributed by atoms with Gasteiger partial charge >= 0.3 is 5.97 Å². The first kappa shape index (κ1) is 24.3. The van der Waals surface area contributed by atoms with Crippen molar-refractivity contribution < 1.29 is 14.3 Å². The molecule has 4 rings (SSSR count). The predicted molar refractivity (Wildman–Crippen MR) is 141 cm³/mol. The van der Waals surface area contributed by atoms with Gasteiger partial charge < -0.3 is 14.6 Å². The number of rotatable bonds is 6. The molecule has 0 aliphatic carbocycles. The molecule has 2 aromatic carbocycles. The molecule has 0 saturated carbocycles. The zero-order valence-electron chi connectivity index (χ0n) is 19.3. The zero-order valence-corrected chi connectivity index (χ0v) is 21.6. The first-order valence-electron chi connectivity index (χ1n) is 10.9. The quantitative estimate of drug-likeness (QED) is 0.267. The van der Waals surface area contributed by atoms with E-state index in [0.717, 1.165) is 32.5 Å². The summed E-state index contributed by atoms with van der Waals surface area (Å²) in [6, 6.07) is 12.9. The SMILES string of the molecule is CCOC(=O)c1c(NC(=O)c2c(C)c3cc(Cl)ccc3n2CC)sc(C)c1-c1ccc(Cl)cc1. The van der Waals surface area contributed by atoms with Gasteiger partial charge in [-0.1, -0.05) is 35.3 Å². The number of carbonyl (C=O) groups is 2. The van der Waals surface area contributed by atoms with Gasteiger partial charge in [-0.05, 0) is 69.2 Å². The lowest BCUT2D eigenvalue weighted by atomic mass is 10.0. The second-order valence-electron chi connectivity index (χ2n) is 7.80. The van der Waals surface area contributed by atoms with Crippen molar-refractivity contribution in [3.63, 3.8) is 0 Å². The van der Waals surface area contributed by atoms with Crippen LogP contribution in [0, 0.1) is 13.8 Å². The first-order valence-corrected chi connectivity index (χ1v) is 12.5. The molecular weight excluding hydrogens is 491 g/mol. The Bertz CT molecular complexity index is 1400. The van der Waals surface area contributed by atoms with Crippen LogP contribution in [0.1, 0.15) is 45.1 Å². The minimum absolute atomic E-state index is 0.227. The van der Waals surface area contributed by atoms with Gasteiger partial charge in [-0.2, -0.15) is 0 Å². The summed E-state index contributed by atoms with van der Waals surface area (Å²) in [7, 11) is 0. The number of hydrogen-bond donors (Lipinski definition) is 1. The largest absolute Gasteiger partial charge is 0.462 e. The third kappa shape index (κ3) is 4.33. The second-order valence-corrected chi connectivity index (χ2v) is 9.90. The summed E-state index contributed by atoms with van der Waals surface area (Å²) in [6.07, 6.45) is 0. The molecular formula is C26H24Cl2N2O3S. The third-order valence-electron chi connectivity index (χ3n) is 5.73. The Morgan fingerprint density at radius 1 is 1.03 bits per heavy atom. The molecule has 0 fully saturated rings. The van der Waals surface area contributed by atoms with Crippen molar-refractivity contribution in [2.45, 2.75) is 34.2 Å². The van der Waals surface area contributed by atoms with Gasteiger partial charge in [-0.3, -0.25) is 4.79 Å². The molecule has 1 N–H and O–H groups in total. The Hall–Kier alpha value is -2.80. The molecule has 0 spiro atoms. The Morgan fingerprint density at radius 3 is 2.35 bits per heavy atom. The highest BCUT2D eigenvalue weighted by atomic mass is 35.5. The van der Waals surface area contributed by atoms with Gasteiger partial charge in [-0.15, -0.1) is 11.3 Å². The molecule has 0 bridgehead atoms. The number of fused-ring (bicyclic) bond motifs is 1. The monoisotopic (exact) mass is 514 g/mol. The molecule has 5 nitrogen and oxygen atoms in total. The highest BCUT2D eigenvalue weighted by Gasteiger charge is 2.27. The van der Waals surface area contributed by atoms with Gasteiger partial charge in [0.15, 0.2) is 0 Å². The van der Waals surface area contributed by atoms with Crippen LogP contribution in [-0.4, -0.2) is 23.1 Å². The van der Waals surface area contributed by atoms with Crippen LogP contribution in [0.25, 0.3) is 22.0 Å². The smallest absolute Gasteiger partial charge is 0.341 e. The standard InChI is InChI=1S/C26H24Cl2N2O3S/c1-5-30-20-12-11-18(28)13-19(20)14(3)23(30)24(31)29-25-22(26(32)33-6-2)21(15(4)34-25)16-7-9-17(27)10-8-16/h7-13H,5-6H2,1-4H3,(H,29,31). The fraction of sp³-hybridized carbons (Fsp3) is 0.231. The van der Waals surface area contributed by atoms with Gasteiger partial charge in [0, 0.05) is 37.9 Å². The number of amides is 1. The average Bonchev–Trinajstić information content (AvgIpc) is 3.27. The molecule has 0 atom stereocenters. The maximum absolute atomic E-state index is 13.6. The number of anilines is 1. The van der Waals surface area contributed by atoms with Crippen molar-refractivity contribution in [1.29, 1.82) is 0 Å². The Balaban J connectivity index is 1.83. The number of nitrogens with zero attached hydrogens (tertiary/aromatic N) is 1. The molecule has 0 aliphatic heterocycles. The van der Waals surface area contributed by atoms with E-state index < -0.39 is 5.97 Å². The summed E-state index contributed by atoms with van der Waals surface area (Å²) >= 11 is 13.6. The minimum Gasteiger partial charge on any atom is -0.462 e. The molecule has 0 saturated heterocycles. The Kier molecular flexibility index (Phi) is 7.03. The highest BCUT2D eigenvalue weighted by Crippen LogP contribution is 2.41. The van der Waals surface area contributed by atoms with Gasteiger partial charge in [-0.25, -0.2) is 4.79 Å². The van der Waals surface area contributed by atoms with Crippen LogP contribution in [0.15, 0.2) is 42.5 Å². The maximum Gasteiger partial charge on any atom is 0.341 e. The lowest BCUT2D eigenvalue weighted by molar-refractivity contribution is 0.0529. The van der Waals surface area contributed by atoms with Crippen LogP contribution >= 0.6 is 34.5 Å². The summed E-state index contributed by atoms with van der Waals surface area (Å²) in [6.45, 7) is 8.41. The number of aromatic nitrogens is 1. The second kappa shape index (κ2) is 9.82. The maximum atomic E-state index is 13.6. The van der Waals surface area contributed by atoms with E-state index in [9.17, 15) is 9.59 Å². The number of esters is 1. The number of benzene rings is 2. The van der Waals surface area contributed by atoms with E-state index in [-0.39, 0.29) is 12.5 Å². The number of hydrogen-bond acceptors (Lipinski definition) is 4. The molecule has 8 heteroatoms. The number of carbonyl (C=O) groups excluding carboxylic acids is 2.